The molecule has 0 saturated carbocycles. The van der Waals surface area contributed by atoms with Gasteiger partial charge in [-0.25, -0.2) is 10.1 Å². The number of amides is 1. The van der Waals surface area contributed by atoms with Crippen molar-refractivity contribution in [1.82, 2.24) is 5.32 Å². The number of unbranched alkanes of at least 4 members (excludes halogenated alkanes) is 1. The van der Waals surface area contributed by atoms with Gasteiger partial charge in [0.1, 0.15) is 23.4 Å². The smallest absolute Gasteiger partial charge is 0.347 e. The first-order valence-electron chi connectivity index (χ1n) is 16.8. The molecule has 0 aliphatic carbocycles. The summed E-state index contributed by atoms with van der Waals surface area (Å²) in [6.45, 7) is 10.6. The lowest BCUT2D eigenvalue weighted by Gasteiger charge is -2.23. The average molecular weight is 733 g/mol. The van der Waals surface area contributed by atoms with Crippen LogP contribution in [0.25, 0.3) is 17.0 Å². The van der Waals surface area contributed by atoms with Crippen molar-refractivity contribution in [2.24, 2.45) is 0 Å². The molecule has 13 nitrogen and oxygen atoms in total. The number of allylic oxidation sites excluding steroid dienone is 1. The molecule has 2 aromatic carbocycles. The van der Waals surface area contributed by atoms with Crippen molar-refractivity contribution in [2.45, 2.75) is 76.5 Å². The summed E-state index contributed by atoms with van der Waals surface area (Å²) in [6, 6.07) is 9.84. The fourth-order valence-corrected chi connectivity index (χ4v) is 7.28. The average Bonchev–Trinajstić information content (AvgIpc) is 3.31. The summed E-state index contributed by atoms with van der Waals surface area (Å²) in [6.07, 6.45) is 6.61. The van der Waals surface area contributed by atoms with E-state index in [0.717, 1.165) is 55.1 Å². The quantitative estimate of drug-likeness (QED) is 0.0209. The van der Waals surface area contributed by atoms with Crippen LogP contribution in [0.3, 0.4) is 0 Å². The lowest BCUT2D eigenvalue weighted by Crippen LogP contribution is -2.32. The summed E-state index contributed by atoms with van der Waals surface area (Å²) in [7, 11) is -4.51. The van der Waals surface area contributed by atoms with Crippen LogP contribution < -0.4 is 15.8 Å². The fourth-order valence-electron chi connectivity index (χ4n) is 6.40. The predicted octanol–water partition coefficient (Wildman–Crippen LogP) is 6.21. The third-order valence-electron chi connectivity index (χ3n) is 9.06. The van der Waals surface area contributed by atoms with Crippen LogP contribution in [0.4, 0.5) is 11.4 Å². The Morgan fingerprint density at radius 2 is 1.86 bits per heavy atom. The van der Waals surface area contributed by atoms with E-state index < -0.39 is 21.2 Å². The van der Waals surface area contributed by atoms with E-state index in [2.05, 4.69) is 31.1 Å². The Morgan fingerprint density at radius 1 is 1.10 bits per heavy atom. The van der Waals surface area contributed by atoms with Gasteiger partial charge in [0.25, 0.3) is 10.1 Å². The van der Waals surface area contributed by atoms with Gasteiger partial charge in [0.2, 0.25) is 11.6 Å². The third kappa shape index (κ3) is 8.94. The van der Waals surface area contributed by atoms with Gasteiger partial charge in [-0.2, -0.15) is 13.0 Å². The van der Waals surface area contributed by atoms with Crippen LogP contribution in [0, 0.1) is 0 Å². The molecule has 1 amide bonds. The molecule has 1 unspecified atom stereocenters. The fraction of sp³-hybridized carbons (Fsp3) is 0.457. The van der Waals surface area contributed by atoms with Gasteiger partial charge in [-0.3, -0.25) is 9.35 Å². The molecule has 15 heteroatoms. The summed E-state index contributed by atoms with van der Waals surface area (Å²) in [5.74, 6) is 0.119. The van der Waals surface area contributed by atoms with Crippen molar-refractivity contribution in [2.75, 3.05) is 36.8 Å². The number of carbonyl (C=O) groups is 1. The minimum Gasteiger partial charge on any atom is -0.506 e. The second-order valence-electron chi connectivity index (χ2n) is 12.2. The minimum atomic E-state index is -4.51. The molecule has 3 aromatic rings. The topological polar surface area (TPSA) is 179 Å². The highest BCUT2D eigenvalue weighted by Crippen LogP contribution is 2.45. The number of hydrogen-bond acceptors (Lipinski definition) is 11. The van der Waals surface area contributed by atoms with Crippen LogP contribution >= 0.6 is 12.0 Å². The second-order valence-corrected chi connectivity index (χ2v) is 14.4. The maximum absolute atomic E-state index is 13.3. The van der Waals surface area contributed by atoms with Crippen molar-refractivity contribution in [3.8, 4) is 5.75 Å². The van der Waals surface area contributed by atoms with Gasteiger partial charge in [0.05, 0.1) is 15.7 Å². The molecule has 1 aliphatic heterocycles. The van der Waals surface area contributed by atoms with Crippen LogP contribution in [-0.4, -0.2) is 71.5 Å². The molecule has 1 aliphatic rings. The minimum absolute atomic E-state index is 0.0264. The maximum Gasteiger partial charge on any atom is 0.347 e. The van der Waals surface area contributed by atoms with Gasteiger partial charge < -0.3 is 19.7 Å². The zero-order valence-electron chi connectivity index (χ0n) is 28.8. The molecule has 0 spiro atoms. The molecular weight excluding hydrogens is 687 g/mol. The first-order chi connectivity index (χ1) is 23.9. The molecule has 0 saturated heterocycles. The molecule has 0 fully saturated rings. The molecule has 0 bridgehead atoms. The Hall–Kier alpha value is -3.73. The second kappa shape index (κ2) is 17.5. The zero-order valence-corrected chi connectivity index (χ0v) is 30.4. The highest BCUT2D eigenvalue weighted by atomic mass is 32.2. The van der Waals surface area contributed by atoms with Crippen LogP contribution in [0.1, 0.15) is 77.3 Å². The number of rotatable bonds is 19. The number of carbonyl (C=O) groups excluding carboxylic acids is 1. The van der Waals surface area contributed by atoms with Crippen molar-refractivity contribution >= 4 is 62.2 Å². The highest BCUT2D eigenvalue weighted by molar-refractivity contribution is 7.94. The molecule has 0 radical (unpaired) electrons. The van der Waals surface area contributed by atoms with Gasteiger partial charge in [0.15, 0.2) is 5.71 Å². The number of fused-ring (bicyclic) bond motifs is 2. The van der Waals surface area contributed by atoms with Crippen LogP contribution in [0.2, 0.25) is 0 Å². The van der Waals surface area contributed by atoms with E-state index in [0.29, 0.717) is 49.1 Å². The molecule has 4 N–H and O–H groups in total. The molecule has 1 aromatic heterocycles. The van der Waals surface area contributed by atoms with E-state index in [1.165, 1.54) is 18.2 Å². The van der Waals surface area contributed by atoms with Crippen molar-refractivity contribution in [3.63, 3.8) is 0 Å². The Morgan fingerprint density at radius 3 is 2.54 bits per heavy atom. The molecule has 4 rings (SSSR count). The number of anilines is 1. The first kappa shape index (κ1) is 39.1. The first-order valence-corrected chi connectivity index (χ1v) is 19.1. The third-order valence-corrected chi connectivity index (χ3v) is 10.5. The summed E-state index contributed by atoms with van der Waals surface area (Å²) in [5.41, 5.74) is 1.72. The van der Waals surface area contributed by atoms with Gasteiger partial charge >= 0.3 is 5.63 Å². The van der Waals surface area contributed by atoms with E-state index >= 15 is 0 Å². The van der Waals surface area contributed by atoms with Crippen LogP contribution in [-0.2, 0) is 29.7 Å². The lowest BCUT2D eigenvalue weighted by atomic mass is 9.75. The summed E-state index contributed by atoms with van der Waals surface area (Å²) in [5, 5.41) is 26.3. The predicted molar refractivity (Wildman–Crippen MR) is 194 cm³/mol. The molecule has 272 valence electrons. The van der Waals surface area contributed by atoms with Gasteiger partial charge in [-0.05, 0) is 70.4 Å². The molecule has 2 heterocycles. The molecule has 50 heavy (non-hydrogen) atoms. The summed E-state index contributed by atoms with van der Waals surface area (Å²) < 4.78 is 46.4. The standard InChI is InChI=1S/C35H45N3O10S2/c1-5-8-20-38-29-16-13-25(50(43,44)45)23-28(29)35(4,18-9-11-32(39)36-19-10-21-49-48-47-42)31(38)17-15-27-33(40)26-14-12-24(37(6-2)7-3)22-30(26)46-34(27)41/h12-17,22-23H,5-11,18-21H2,1-4H3,(H3,36,39,42,43,44,45)/p+1. The number of nitrogens with zero attached hydrogens (tertiary/aromatic N) is 2. The Balaban J connectivity index is 1.72. The molecular formula is C35H46N3O10S2+. The van der Waals surface area contributed by atoms with E-state index in [9.17, 15) is 27.7 Å². The van der Waals surface area contributed by atoms with E-state index in [-0.39, 0.29) is 34.1 Å². The van der Waals surface area contributed by atoms with Gasteiger partial charge in [-0.15, -0.1) is 4.33 Å². The molecule has 1 atom stereocenters. The Labute approximate surface area is 296 Å². The Bertz CT molecular complexity index is 1900. The van der Waals surface area contributed by atoms with Crippen molar-refractivity contribution in [3.05, 3.63) is 64.0 Å². The summed E-state index contributed by atoms with van der Waals surface area (Å²) in [4.78, 5) is 27.8. The normalized spacial score (nSPS) is 16.0. The van der Waals surface area contributed by atoms with Crippen molar-refractivity contribution < 1.29 is 46.5 Å². The SMILES string of the molecule is CCCC[N+]1=C(/C=C/c2c(O)c3ccc(N(CC)CC)cc3oc2=O)C(C)(CCCC(=O)NCCCSOOO)c2cc(S(=O)(=O)O)ccc21. The number of hydrogen-bond donors (Lipinski definition) is 4. The highest BCUT2D eigenvalue weighted by Gasteiger charge is 2.47. The lowest BCUT2D eigenvalue weighted by molar-refractivity contribution is -0.438. The van der Waals surface area contributed by atoms with E-state index in [4.69, 9.17) is 9.67 Å². The van der Waals surface area contributed by atoms with Crippen LogP contribution in [0.5, 0.6) is 5.75 Å². The van der Waals surface area contributed by atoms with Gasteiger partial charge in [0, 0.05) is 79.7 Å². The zero-order chi connectivity index (χ0) is 36.5. The van der Waals surface area contributed by atoms with Gasteiger partial charge in [-0.1, -0.05) is 18.4 Å². The van der Waals surface area contributed by atoms with Crippen molar-refractivity contribution in [1.29, 1.82) is 0 Å². The summed E-state index contributed by atoms with van der Waals surface area (Å²) >= 11 is 0.909. The van der Waals surface area contributed by atoms with Crippen LogP contribution in [0.15, 0.2) is 56.6 Å². The Kier molecular flexibility index (Phi) is 13.6. The van der Waals surface area contributed by atoms with E-state index in [1.807, 2.05) is 26.8 Å². The monoisotopic (exact) mass is 732 g/mol. The number of nitrogens with one attached hydrogen (secondary N) is 1. The number of benzene rings is 2. The maximum atomic E-state index is 13.3. The largest absolute Gasteiger partial charge is 0.506 e. The number of aromatic hydroxyl groups is 1. The van der Waals surface area contributed by atoms with E-state index in [1.54, 1.807) is 24.3 Å².